The molecule has 2 atom stereocenters. The number of aryl methyl sites for hydroxylation is 3. The summed E-state index contributed by atoms with van der Waals surface area (Å²) < 4.78 is 6.01. The fourth-order valence-corrected chi connectivity index (χ4v) is 3.43. The summed E-state index contributed by atoms with van der Waals surface area (Å²) in [4.78, 5) is 0. The molecule has 1 saturated heterocycles. The molecule has 2 unspecified atom stereocenters. The minimum absolute atomic E-state index is 0.0154. The minimum Gasteiger partial charge on any atom is -0.374 e. The van der Waals surface area contributed by atoms with Crippen molar-refractivity contribution in [1.29, 1.82) is 0 Å². The van der Waals surface area contributed by atoms with E-state index in [1.165, 1.54) is 28.7 Å². The Morgan fingerprint density at radius 1 is 1.26 bits per heavy atom. The second-order valence-electron chi connectivity index (χ2n) is 6.19. The molecule has 1 aromatic rings. The zero-order chi connectivity index (χ0) is 14.0. The van der Waals surface area contributed by atoms with Gasteiger partial charge in [0.15, 0.2) is 0 Å². The summed E-state index contributed by atoms with van der Waals surface area (Å²) in [6, 6.07) is 4.95. The predicted molar refractivity (Wildman–Crippen MR) is 80.8 cm³/mol. The smallest absolute Gasteiger partial charge is 0.0810 e. The quantitative estimate of drug-likeness (QED) is 0.898. The van der Waals surface area contributed by atoms with Gasteiger partial charge in [0.05, 0.1) is 5.60 Å². The Balaban J connectivity index is 2.23. The van der Waals surface area contributed by atoms with Gasteiger partial charge in [-0.3, -0.25) is 0 Å². The van der Waals surface area contributed by atoms with Crippen molar-refractivity contribution in [3.05, 3.63) is 34.4 Å². The van der Waals surface area contributed by atoms with E-state index in [1.54, 1.807) is 0 Å². The molecule has 1 aromatic carbocycles. The van der Waals surface area contributed by atoms with Gasteiger partial charge in [-0.25, -0.2) is 0 Å². The maximum absolute atomic E-state index is 6.01. The van der Waals surface area contributed by atoms with Crippen molar-refractivity contribution in [1.82, 2.24) is 5.32 Å². The first kappa shape index (κ1) is 14.5. The predicted octanol–water partition coefficient (Wildman–Crippen LogP) is 3.31. The highest BCUT2D eigenvalue weighted by Gasteiger charge is 2.37. The summed E-state index contributed by atoms with van der Waals surface area (Å²) >= 11 is 0. The SMILES string of the molecule is CNC(Cc1c(C)cc(C)cc1C)C1(C)CCCO1. The number of ether oxygens (including phenoxy) is 1. The van der Waals surface area contributed by atoms with Gasteiger partial charge in [0.2, 0.25) is 0 Å². The topological polar surface area (TPSA) is 21.3 Å². The van der Waals surface area contributed by atoms with E-state index >= 15 is 0 Å². The van der Waals surface area contributed by atoms with Crippen molar-refractivity contribution >= 4 is 0 Å². The lowest BCUT2D eigenvalue weighted by Crippen LogP contribution is -2.48. The summed E-state index contributed by atoms with van der Waals surface area (Å²) in [6.45, 7) is 9.76. The number of likely N-dealkylation sites (N-methyl/N-ethyl adjacent to an activating group) is 1. The van der Waals surface area contributed by atoms with Crippen LogP contribution < -0.4 is 5.32 Å². The van der Waals surface area contributed by atoms with Crippen LogP contribution in [-0.4, -0.2) is 25.3 Å². The number of nitrogens with one attached hydrogen (secondary N) is 1. The van der Waals surface area contributed by atoms with Crippen LogP contribution in [0.25, 0.3) is 0 Å². The molecule has 0 spiro atoms. The maximum atomic E-state index is 6.01. The molecule has 1 heterocycles. The fourth-order valence-electron chi connectivity index (χ4n) is 3.43. The van der Waals surface area contributed by atoms with Crippen LogP contribution in [0.4, 0.5) is 0 Å². The van der Waals surface area contributed by atoms with Gasteiger partial charge >= 0.3 is 0 Å². The Morgan fingerprint density at radius 2 is 1.89 bits per heavy atom. The van der Waals surface area contributed by atoms with Gasteiger partial charge in [0.1, 0.15) is 0 Å². The van der Waals surface area contributed by atoms with Gasteiger partial charge in [-0.2, -0.15) is 0 Å². The number of hydrogen-bond acceptors (Lipinski definition) is 2. The molecule has 19 heavy (non-hydrogen) atoms. The second kappa shape index (κ2) is 5.64. The highest BCUT2D eigenvalue weighted by atomic mass is 16.5. The Labute approximate surface area is 117 Å². The minimum atomic E-state index is -0.0154. The van der Waals surface area contributed by atoms with Crippen molar-refractivity contribution in [2.24, 2.45) is 0 Å². The van der Waals surface area contributed by atoms with E-state index in [2.05, 4.69) is 52.2 Å². The summed E-state index contributed by atoms with van der Waals surface area (Å²) in [6.07, 6.45) is 3.38. The first-order valence-corrected chi connectivity index (χ1v) is 7.34. The summed E-state index contributed by atoms with van der Waals surface area (Å²) in [5, 5.41) is 3.48. The first-order valence-electron chi connectivity index (χ1n) is 7.34. The Kier molecular flexibility index (Phi) is 4.32. The molecular weight excluding hydrogens is 234 g/mol. The highest BCUT2D eigenvalue weighted by Crippen LogP contribution is 2.31. The molecule has 0 amide bonds. The van der Waals surface area contributed by atoms with E-state index in [0.717, 1.165) is 19.4 Å². The van der Waals surface area contributed by atoms with Crippen molar-refractivity contribution < 1.29 is 4.74 Å². The molecule has 0 aromatic heterocycles. The molecule has 1 aliphatic rings. The Morgan fingerprint density at radius 3 is 2.37 bits per heavy atom. The van der Waals surface area contributed by atoms with Crippen LogP contribution in [0.3, 0.4) is 0 Å². The summed E-state index contributed by atoms with van der Waals surface area (Å²) in [5.41, 5.74) is 5.61. The molecule has 2 rings (SSSR count). The standard InChI is InChI=1S/C17H27NO/c1-12-9-13(2)15(14(3)10-12)11-16(18-5)17(4)7-6-8-19-17/h9-10,16,18H,6-8,11H2,1-5H3. The molecule has 0 radical (unpaired) electrons. The normalized spacial score (nSPS) is 24.7. The van der Waals surface area contributed by atoms with Gasteiger partial charge in [-0.15, -0.1) is 0 Å². The molecule has 0 aliphatic carbocycles. The van der Waals surface area contributed by atoms with Crippen LogP contribution >= 0.6 is 0 Å². The number of benzene rings is 1. The monoisotopic (exact) mass is 261 g/mol. The van der Waals surface area contributed by atoms with E-state index in [9.17, 15) is 0 Å². The van der Waals surface area contributed by atoms with E-state index in [4.69, 9.17) is 4.74 Å². The number of rotatable bonds is 4. The van der Waals surface area contributed by atoms with Gasteiger partial charge < -0.3 is 10.1 Å². The van der Waals surface area contributed by atoms with Crippen molar-refractivity contribution in [3.63, 3.8) is 0 Å². The van der Waals surface area contributed by atoms with Crippen LogP contribution in [0.1, 0.15) is 42.0 Å². The third-order valence-corrected chi connectivity index (χ3v) is 4.58. The van der Waals surface area contributed by atoms with Crippen LogP contribution in [0.15, 0.2) is 12.1 Å². The maximum Gasteiger partial charge on any atom is 0.0810 e. The highest BCUT2D eigenvalue weighted by molar-refractivity contribution is 5.38. The molecule has 2 nitrogen and oxygen atoms in total. The molecule has 1 fully saturated rings. The Bertz CT molecular complexity index is 424. The lowest BCUT2D eigenvalue weighted by Gasteiger charge is -2.34. The third kappa shape index (κ3) is 3.01. The molecule has 2 heteroatoms. The van der Waals surface area contributed by atoms with Gasteiger partial charge in [-0.1, -0.05) is 17.7 Å². The van der Waals surface area contributed by atoms with Crippen LogP contribution in [-0.2, 0) is 11.2 Å². The van der Waals surface area contributed by atoms with Crippen LogP contribution in [0, 0.1) is 20.8 Å². The molecule has 0 bridgehead atoms. The van der Waals surface area contributed by atoms with E-state index < -0.39 is 0 Å². The van der Waals surface area contributed by atoms with Crippen LogP contribution in [0.5, 0.6) is 0 Å². The zero-order valence-corrected chi connectivity index (χ0v) is 13.0. The van der Waals surface area contributed by atoms with Crippen molar-refractivity contribution in [2.75, 3.05) is 13.7 Å². The average molecular weight is 261 g/mol. The fraction of sp³-hybridized carbons (Fsp3) is 0.647. The first-order chi connectivity index (χ1) is 8.96. The zero-order valence-electron chi connectivity index (χ0n) is 13.0. The molecule has 1 aliphatic heterocycles. The summed E-state index contributed by atoms with van der Waals surface area (Å²) in [7, 11) is 2.05. The third-order valence-electron chi connectivity index (χ3n) is 4.58. The average Bonchev–Trinajstić information content (AvgIpc) is 2.76. The van der Waals surface area contributed by atoms with E-state index in [-0.39, 0.29) is 5.60 Å². The van der Waals surface area contributed by atoms with Crippen molar-refractivity contribution in [2.45, 2.75) is 58.6 Å². The second-order valence-corrected chi connectivity index (χ2v) is 6.19. The van der Waals surface area contributed by atoms with E-state index in [0.29, 0.717) is 6.04 Å². The number of hydrogen-bond donors (Lipinski definition) is 1. The van der Waals surface area contributed by atoms with Crippen LogP contribution in [0.2, 0.25) is 0 Å². The van der Waals surface area contributed by atoms with Gasteiger partial charge in [0, 0.05) is 12.6 Å². The summed E-state index contributed by atoms with van der Waals surface area (Å²) in [5.74, 6) is 0. The van der Waals surface area contributed by atoms with Crippen molar-refractivity contribution in [3.8, 4) is 0 Å². The molecule has 1 N–H and O–H groups in total. The van der Waals surface area contributed by atoms with Gasteiger partial charge in [0.25, 0.3) is 0 Å². The molecule has 106 valence electrons. The molecule has 0 saturated carbocycles. The lowest BCUT2D eigenvalue weighted by atomic mass is 9.85. The largest absolute Gasteiger partial charge is 0.374 e. The lowest BCUT2D eigenvalue weighted by molar-refractivity contribution is -0.00949. The van der Waals surface area contributed by atoms with E-state index in [1.807, 2.05) is 0 Å². The van der Waals surface area contributed by atoms with Gasteiger partial charge in [-0.05, 0) is 70.7 Å². The Hall–Kier alpha value is -0.860. The molecular formula is C17H27NO.